The van der Waals surface area contributed by atoms with E-state index >= 15 is 0 Å². The van der Waals surface area contributed by atoms with E-state index < -0.39 is 7.14 Å². The molecular weight excluding hydrogens is 247 g/mol. The lowest BCUT2D eigenvalue weighted by atomic mass is 10.4. The minimum Gasteiger partial charge on any atom is -0.314 e. The molecule has 1 nitrogen and oxygen atoms in total. The molecule has 1 aliphatic heterocycles. The molecule has 3 heteroatoms. The van der Waals surface area contributed by atoms with E-state index in [1.54, 1.807) is 0 Å². The Labute approximate surface area is 86.4 Å². The molecule has 0 saturated carbocycles. The van der Waals surface area contributed by atoms with Gasteiger partial charge in [0.05, 0.1) is 0 Å². The average Bonchev–Trinajstić information content (AvgIpc) is 2.49. The van der Waals surface area contributed by atoms with Crippen LogP contribution in [0.4, 0.5) is 0 Å². The van der Waals surface area contributed by atoms with Crippen molar-refractivity contribution >= 4 is 28.4 Å². The largest absolute Gasteiger partial charge is 0.314 e. The Hall–Kier alpha value is -0.330. The minimum atomic E-state index is -2.21. The molecule has 0 aromatic heterocycles. The topological polar surface area (TPSA) is 17.1 Å². The van der Waals surface area contributed by atoms with E-state index in [-0.39, 0.29) is 4.83 Å². The molecule has 0 saturated heterocycles. The summed E-state index contributed by atoms with van der Waals surface area (Å²) in [6.45, 7) is 0. The molecule has 0 radical (unpaired) electrons. The minimum absolute atomic E-state index is 0.276. The van der Waals surface area contributed by atoms with E-state index in [0.717, 1.165) is 11.5 Å². The van der Waals surface area contributed by atoms with Gasteiger partial charge in [-0.15, -0.1) is 0 Å². The van der Waals surface area contributed by atoms with E-state index in [1.807, 2.05) is 42.2 Å². The first kappa shape index (κ1) is 9.23. The third-order valence-corrected chi connectivity index (χ3v) is 6.07. The van der Waals surface area contributed by atoms with Crippen molar-refractivity contribution in [1.29, 1.82) is 0 Å². The van der Waals surface area contributed by atoms with E-state index in [1.165, 1.54) is 0 Å². The van der Waals surface area contributed by atoms with Gasteiger partial charge in [0.15, 0.2) is 0 Å². The molecular formula is C10H10BrOP. The van der Waals surface area contributed by atoms with E-state index in [0.29, 0.717) is 0 Å². The lowest BCUT2D eigenvalue weighted by Gasteiger charge is -2.09. The lowest BCUT2D eigenvalue weighted by Crippen LogP contribution is -2.05. The molecule has 2 unspecified atom stereocenters. The van der Waals surface area contributed by atoms with Crippen molar-refractivity contribution < 1.29 is 4.57 Å². The zero-order valence-electron chi connectivity index (χ0n) is 7.06. The van der Waals surface area contributed by atoms with Crippen LogP contribution in [0.15, 0.2) is 42.2 Å². The maximum atomic E-state index is 12.3. The monoisotopic (exact) mass is 256 g/mol. The summed E-state index contributed by atoms with van der Waals surface area (Å²) in [7, 11) is -2.21. The van der Waals surface area contributed by atoms with Gasteiger partial charge in [-0.1, -0.05) is 52.3 Å². The van der Waals surface area contributed by atoms with Crippen molar-refractivity contribution in [3.05, 3.63) is 42.2 Å². The highest BCUT2D eigenvalue weighted by atomic mass is 79.9. The Morgan fingerprint density at radius 2 is 2.00 bits per heavy atom. The van der Waals surface area contributed by atoms with Crippen LogP contribution in [0.25, 0.3) is 0 Å². The number of halogens is 1. The van der Waals surface area contributed by atoms with Gasteiger partial charge in [-0.05, 0) is 5.82 Å². The Morgan fingerprint density at radius 3 is 2.54 bits per heavy atom. The van der Waals surface area contributed by atoms with E-state index in [9.17, 15) is 4.57 Å². The third kappa shape index (κ3) is 1.79. The number of hydrogen-bond donors (Lipinski definition) is 0. The molecule has 2 atom stereocenters. The fourth-order valence-corrected chi connectivity index (χ4v) is 5.47. The summed E-state index contributed by atoms with van der Waals surface area (Å²) >= 11 is 3.45. The molecule has 1 aromatic carbocycles. The zero-order valence-corrected chi connectivity index (χ0v) is 9.54. The summed E-state index contributed by atoms with van der Waals surface area (Å²) in [5.74, 6) is 1.86. The number of alkyl halides is 1. The Bertz CT molecular complexity index is 372. The predicted molar refractivity (Wildman–Crippen MR) is 60.4 cm³/mol. The van der Waals surface area contributed by atoms with Gasteiger partial charge in [0.1, 0.15) is 7.14 Å². The second kappa shape index (κ2) is 3.43. The van der Waals surface area contributed by atoms with Gasteiger partial charge in [-0.2, -0.15) is 0 Å². The van der Waals surface area contributed by atoms with Crippen LogP contribution >= 0.6 is 23.1 Å². The van der Waals surface area contributed by atoms with Crippen molar-refractivity contribution in [2.45, 2.75) is 4.83 Å². The predicted octanol–water partition coefficient (Wildman–Crippen LogP) is 2.97. The highest BCUT2D eigenvalue weighted by Gasteiger charge is 2.28. The van der Waals surface area contributed by atoms with Crippen LogP contribution < -0.4 is 5.30 Å². The number of rotatable bonds is 1. The molecule has 0 fully saturated rings. The average molecular weight is 257 g/mol. The smallest absolute Gasteiger partial charge is 0.137 e. The first-order valence-electron chi connectivity index (χ1n) is 4.18. The molecule has 1 aromatic rings. The molecule has 68 valence electrons. The molecule has 0 N–H and O–H groups in total. The molecule has 0 amide bonds. The summed E-state index contributed by atoms with van der Waals surface area (Å²) in [5, 5.41) is 0.966. The van der Waals surface area contributed by atoms with E-state index in [2.05, 4.69) is 15.9 Å². The number of benzene rings is 1. The lowest BCUT2D eigenvalue weighted by molar-refractivity contribution is 0.588. The highest BCUT2D eigenvalue weighted by Crippen LogP contribution is 2.51. The fraction of sp³-hybridized carbons (Fsp3) is 0.200. The van der Waals surface area contributed by atoms with Gasteiger partial charge in [0, 0.05) is 16.3 Å². The van der Waals surface area contributed by atoms with Crippen molar-refractivity contribution in [3.63, 3.8) is 0 Å². The van der Waals surface area contributed by atoms with Crippen LogP contribution in [-0.2, 0) is 4.57 Å². The standard InChI is InChI=1S/C10H10BrOP/c11-9-6-7-13(12,8-9)10-4-2-1-3-5-10/h1-7,9H,8H2. The molecule has 0 bridgehead atoms. The van der Waals surface area contributed by atoms with Crippen LogP contribution in [0.5, 0.6) is 0 Å². The molecule has 13 heavy (non-hydrogen) atoms. The van der Waals surface area contributed by atoms with Crippen LogP contribution in [0.3, 0.4) is 0 Å². The SMILES string of the molecule is O=P1(c2ccccc2)C=CC(Br)C1. The quantitative estimate of drug-likeness (QED) is 0.558. The van der Waals surface area contributed by atoms with E-state index in [4.69, 9.17) is 0 Å². The first-order chi connectivity index (χ1) is 6.21. The Morgan fingerprint density at radius 1 is 1.31 bits per heavy atom. The second-order valence-electron chi connectivity index (χ2n) is 3.17. The van der Waals surface area contributed by atoms with Gasteiger partial charge >= 0.3 is 0 Å². The Kier molecular flexibility index (Phi) is 2.44. The van der Waals surface area contributed by atoms with Crippen molar-refractivity contribution in [2.24, 2.45) is 0 Å². The molecule has 1 aliphatic rings. The van der Waals surface area contributed by atoms with Crippen molar-refractivity contribution in [3.8, 4) is 0 Å². The van der Waals surface area contributed by atoms with Gasteiger partial charge in [0.2, 0.25) is 0 Å². The van der Waals surface area contributed by atoms with Crippen LogP contribution in [-0.4, -0.2) is 11.0 Å². The Balaban J connectivity index is 2.38. The molecule has 2 rings (SSSR count). The second-order valence-corrected chi connectivity index (χ2v) is 7.12. The molecule has 1 heterocycles. The fourth-order valence-electron chi connectivity index (χ4n) is 1.49. The zero-order chi connectivity index (χ0) is 9.31. The number of allylic oxidation sites excluding steroid dienone is 1. The maximum absolute atomic E-state index is 12.3. The third-order valence-electron chi connectivity index (χ3n) is 2.17. The van der Waals surface area contributed by atoms with Crippen LogP contribution in [0, 0.1) is 0 Å². The van der Waals surface area contributed by atoms with Crippen LogP contribution in [0.1, 0.15) is 0 Å². The van der Waals surface area contributed by atoms with Crippen molar-refractivity contribution in [1.82, 2.24) is 0 Å². The number of hydrogen-bond acceptors (Lipinski definition) is 1. The maximum Gasteiger partial charge on any atom is 0.137 e. The summed E-state index contributed by atoms with van der Waals surface area (Å²) in [5.41, 5.74) is 0. The van der Waals surface area contributed by atoms with Gasteiger partial charge in [0.25, 0.3) is 0 Å². The van der Waals surface area contributed by atoms with Crippen molar-refractivity contribution in [2.75, 3.05) is 6.16 Å². The van der Waals surface area contributed by atoms with Gasteiger partial charge < -0.3 is 4.57 Å². The summed E-state index contributed by atoms with van der Waals surface area (Å²) in [4.78, 5) is 0.276. The normalized spacial score (nSPS) is 32.2. The van der Waals surface area contributed by atoms with Gasteiger partial charge in [-0.3, -0.25) is 0 Å². The molecule has 0 aliphatic carbocycles. The van der Waals surface area contributed by atoms with Crippen LogP contribution in [0.2, 0.25) is 0 Å². The van der Waals surface area contributed by atoms with Gasteiger partial charge in [-0.25, -0.2) is 0 Å². The summed E-state index contributed by atoms with van der Waals surface area (Å²) < 4.78 is 12.3. The summed E-state index contributed by atoms with van der Waals surface area (Å²) in [6.07, 6.45) is 2.70. The first-order valence-corrected chi connectivity index (χ1v) is 7.06. The summed E-state index contributed by atoms with van der Waals surface area (Å²) in [6, 6.07) is 9.70. The molecule has 0 spiro atoms. The highest BCUT2D eigenvalue weighted by molar-refractivity contribution is 9.09.